The first-order chi connectivity index (χ1) is 9.28. The standard InChI is InChI=1S/C16H22BrN3/c1-11-7-5-6-8-12(11)10-20-15(18)14(17)13(19-20)9-16(2,3)4/h5-8H,9-10,18H2,1-4H3. The van der Waals surface area contributed by atoms with Gasteiger partial charge in [0.05, 0.1) is 16.7 Å². The lowest BCUT2D eigenvalue weighted by Gasteiger charge is -2.16. The van der Waals surface area contributed by atoms with E-state index in [2.05, 4.69) is 60.9 Å². The number of hydrogen-bond acceptors (Lipinski definition) is 2. The van der Waals surface area contributed by atoms with E-state index in [0.717, 1.165) is 16.6 Å². The van der Waals surface area contributed by atoms with Crippen molar-refractivity contribution >= 4 is 21.7 Å². The lowest BCUT2D eigenvalue weighted by molar-refractivity contribution is 0.403. The van der Waals surface area contributed by atoms with Crippen LogP contribution in [0.15, 0.2) is 28.7 Å². The smallest absolute Gasteiger partial charge is 0.136 e. The minimum Gasteiger partial charge on any atom is -0.383 e. The molecular weight excluding hydrogens is 314 g/mol. The molecule has 2 rings (SSSR count). The molecule has 20 heavy (non-hydrogen) atoms. The van der Waals surface area contributed by atoms with Crippen LogP contribution in [0.1, 0.15) is 37.6 Å². The van der Waals surface area contributed by atoms with Gasteiger partial charge in [-0.25, -0.2) is 4.68 Å². The number of halogens is 1. The molecule has 2 aromatic rings. The van der Waals surface area contributed by atoms with E-state index >= 15 is 0 Å². The first-order valence-corrected chi connectivity index (χ1v) is 7.62. The number of benzene rings is 1. The zero-order valence-corrected chi connectivity index (χ0v) is 14.2. The van der Waals surface area contributed by atoms with Crippen LogP contribution in [0, 0.1) is 12.3 Å². The van der Waals surface area contributed by atoms with Gasteiger partial charge >= 0.3 is 0 Å². The van der Waals surface area contributed by atoms with Gasteiger partial charge in [0.15, 0.2) is 0 Å². The molecule has 1 heterocycles. The summed E-state index contributed by atoms with van der Waals surface area (Å²) >= 11 is 3.58. The predicted octanol–water partition coefficient (Wildman–Crippen LogP) is 4.17. The van der Waals surface area contributed by atoms with Gasteiger partial charge in [-0.3, -0.25) is 0 Å². The van der Waals surface area contributed by atoms with Crippen LogP contribution in [-0.4, -0.2) is 9.78 Å². The molecule has 1 aromatic heterocycles. The number of aryl methyl sites for hydroxylation is 1. The molecule has 0 aliphatic rings. The highest BCUT2D eigenvalue weighted by Gasteiger charge is 2.19. The fraction of sp³-hybridized carbons (Fsp3) is 0.438. The van der Waals surface area contributed by atoms with E-state index in [1.165, 1.54) is 11.1 Å². The third kappa shape index (κ3) is 3.42. The first-order valence-electron chi connectivity index (χ1n) is 6.83. The second-order valence-electron chi connectivity index (χ2n) is 6.47. The summed E-state index contributed by atoms with van der Waals surface area (Å²) in [6, 6.07) is 8.33. The molecule has 3 nitrogen and oxygen atoms in total. The monoisotopic (exact) mass is 335 g/mol. The SMILES string of the molecule is Cc1ccccc1Cn1nc(CC(C)(C)C)c(Br)c1N. The maximum atomic E-state index is 6.17. The third-order valence-corrected chi connectivity index (χ3v) is 4.14. The highest BCUT2D eigenvalue weighted by atomic mass is 79.9. The molecule has 0 atom stereocenters. The number of anilines is 1. The summed E-state index contributed by atoms with van der Waals surface area (Å²) in [5.74, 6) is 0.701. The van der Waals surface area contributed by atoms with Gasteiger partial charge in [-0.05, 0) is 45.8 Å². The van der Waals surface area contributed by atoms with Crippen molar-refractivity contribution in [1.82, 2.24) is 9.78 Å². The average molecular weight is 336 g/mol. The summed E-state index contributed by atoms with van der Waals surface area (Å²) in [5, 5.41) is 4.68. The molecule has 0 saturated heterocycles. The highest BCUT2D eigenvalue weighted by Crippen LogP contribution is 2.30. The Morgan fingerprint density at radius 1 is 1.25 bits per heavy atom. The minimum absolute atomic E-state index is 0.191. The van der Waals surface area contributed by atoms with Crippen molar-refractivity contribution in [2.75, 3.05) is 5.73 Å². The van der Waals surface area contributed by atoms with Gasteiger partial charge in [0.25, 0.3) is 0 Å². The minimum atomic E-state index is 0.191. The Bertz CT molecular complexity index is 609. The number of nitrogen functional groups attached to an aromatic ring is 1. The summed E-state index contributed by atoms with van der Waals surface area (Å²) in [5.41, 5.74) is 9.90. The van der Waals surface area contributed by atoms with Crippen LogP contribution in [0.2, 0.25) is 0 Å². The molecule has 108 valence electrons. The molecule has 2 N–H and O–H groups in total. The van der Waals surface area contributed by atoms with Crippen LogP contribution in [0.3, 0.4) is 0 Å². The van der Waals surface area contributed by atoms with Gasteiger partial charge in [-0.1, -0.05) is 45.0 Å². The van der Waals surface area contributed by atoms with Crippen molar-refractivity contribution in [2.45, 2.75) is 40.7 Å². The molecule has 4 heteroatoms. The average Bonchev–Trinajstić information content (AvgIpc) is 2.59. The maximum absolute atomic E-state index is 6.17. The molecule has 0 unspecified atom stereocenters. The van der Waals surface area contributed by atoms with E-state index in [9.17, 15) is 0 Å². The molecule has 0 spiro atoms. The van der Waals surface area contributed by atoms with E-state index in [4.69, 9.17) is 5.73 Å². The lowest BCUT2D eigenvalue weighted by atomic mass is 9.91. The largest absolute Gasteiger partial charge is 0.383 e. The summed E-state index contributed by atoms with van der Waals surface area (Å²) in [7, 11) is 0. The molecule has 1 aromatic carbocycles. The van der Waals surface area contributed by atoms with E-state index < -0.39 is 0 Å². The van der Waals surface area contributed by atoms with Crippen molar-refractivity contribution in [1.29, 1.82) is 0 Å². The number of nitrogens with two attached hydrogens (primary N) is 1. The van der Waals surface area contributed by atoms with Crippen LogP contribution in [0.25, 0.3) is 0 Å². The van der Waals surface area contributed by atoms with Gasteiger partial charge < -0.3 is 5.73 Å². The Labute approximate surface area is 129 Å². The number of hydrogen-bond donors (Lipinski definition) is 1. The Balaban J connectivity index is 2.30. The Morgan fingerprint density at radius 2 is 1.90 bits per heavy atom. The van der Waals surface area contributed by atoms with Gasteiger partial charge in [0.2, 0.25) is 0 Å². The van der Waals surface area contributed by atoms with Crippen molar-refractivity contribution in [3.8, 4) is 0 Å². The number of aromatic nitrogens is 2. The normalized spacial score (nSPS) is 11.8. The molecule has 0 fully saturated rings. The van der Waals surface area contributed by atoms with Crippen LogP contribution >= 0.6 is 15.9 Å². The van der Waals surface area contributed by atoms with E-state index in [1.807, 2.05) is 16.8 Å². The Hall–Kier alpha value is -1.29. The number of nitrogens with zero attached hydrogens (tertiary/aromatic N) is 2. The first kappa shape index (κ1) is 15.1. The second-order valence-corrected chi connectivity index (χ2v) is 7.26. The van der Waals surface area contributed by atoms with Crippen LogP contribution in [-0.2, 0) is 13.0 Å². The van der Waals surface area contributed by atoms with E-state index in [0.29, 0.717) is 12.4 Å². The highest BCUT2D eigenvalue weighted by molar-refractivity contribution is 9.10. The molecule has 0 amide bonds. The molecule has 0 bridgehead atoms. The lowest BCUT2D eigenvalue weighted by Crippen LogP contribution is -2.11. The van der Waals surface area contributed by atoms with E-state index in [1.54, 1.807) is 0 Å². The quantitative estimate of drug-likeness (QED) is 0.914. The molecule has 0 saturated carbocycles. The maximum Gasteiger partial charge on any atom is 0.136 e. The van der Waals surface area contributed by atoms with Crippen molar-refractivity contribution in [2.24, 2.45) is 5.41 Å². The fourth-order valence-corrected chi connectivity index (χ4v) is 2.61. The summed E-state index contributed by atoms with van der Waals surface area (Å²) in [6.07, 6.45) is 0.901. The van der Waals surface area contributed by atoms with Crippen LogP contribution in [0.4, 0.5) is 5.82 Å². The van der Waals surface area contributed by atoms with Gasteiger partial charge in [0.1, 0.15) is 5.82 Å². The Kier molecular flexibility index (Phi) is 4.23. The molecule has 0 radical (unpaired) electrons. The van der Waals surface area contributed by atoms with Crippen LogP contribution in [0.5, 0.6) is 0 Å². The number of rotatable bonds is 3. The van der Waals surface area contributed by atoms with E-state index in [-0.39, 0.29) is 5.41 Å². The van der Waals surface area contributed by atoms with Crippen molar-refractivity contribution in [3.05, 3.63) is 45.6 Å². The molecular formula is C16H22BrN3. The van der Waals surface area contributed by atoms with Gasteiger partial charge in [-0.15, -0.1) is 0 Å². The zero-order chi connectivity index (χ0) is 14.9. The summed E-state index contributed by atoms with van der Waals surface area (Å²) < 4.78 is 2.81. The Morgan fingerprint density at radius 3 is 2.50 bits per heavy atom. The summed E-state index contributed by atoms with van der Waals surface area (Å²) in [4.78, 5) is 0. The fourth-order valence-electron chi connectivity index (χ4n) is 2.19. The summed E-state index contributed by atoms with van der Waals surface area (Å²) in [6.45, 7) is 9.43. The topological polar surface area (TPSA) is 43.8 Å². The van der Waals surface area contributed by atoms with Gasteiger partial charge in [-0.2, -0.15) is 5.10 Å². The van der Waals surface area contributed by atoms with Gasteiger partial charge in [0, 0.05) is 0 Å². The second kappa shape index (κ2) is 5.60. The third-order valence-electron chi connectivity index (χ3n) is 3.28. The van der Waals surface area contributed by atoms with Crippen LogP contribution < -0.4 is 5.73 Å². The van der Waals surface area contributed by atoms with Crippen molar-refractivity contribution in [3.63, 3.8) is 0 Å². The molecule has 0 aliphatic heterocycles. The molecule has 0 aliphatic carbocycles. The van der Waals surface area contributed by atoms with Crippen molar-refractivity contribution < 1.29 is 0 Å². The predicted molar refractivity (Wildman–Crippen MR) is 87.8 cm³/mol. The zero-order valence-electron chi connectivity index (χ0n) is 12.6.